The number of aromatic nitrogens is 2. The molecule has 4 rings (SSSR count). The molecule has 7 heteroatoms. The maximum Gasteiger partial charge on any atom is 0.234 e. The van der Waals surface area contributed by atoms with Crippen LogP contribution in [0.4, 0.5) is 5.69 Å². The Balaban J connectivity index is 1.36. The highest BCUT2D eigenvalue weighted by Gasteiger charge is 2.10. The van der Waals surface area contributed by atoms with Gasteiger partial charge in [-0.3, -0.25) is 4.79 Å². The number of hydrogen-bond donors (Lipinski definition) is 1. The topological polar surface area (TPSA) is 64.1 Å². The van der Waals surface area contributed by atoms with Crippen molar-refractivity contribution in [1.82, 2.24) is 10.2 Å². The van der Waals surface area contributed by atoms with Gasteiger partial charge in [0.15, 0.2) is 0 Å². The van der Waals surface area contributed by atoms with Crippen molar-refractivity contribution < 1.29 is 9.53 Å². The Labute approximate surface area is 195 Å². The zero-order valence-corrected chi connectivity index (χ0v) is 18.9. The molecule has 5 nitrogen and oxygen atoms in total. The molecular formula is C25H20ClN3O2S. The average molecular weight is 462 g/mol. The Morgan fingerprint density at radius 2 is 1.62 bits per heavy atom. The van der Waals surface area contributed by atoms with E-state index in [1.54, 1.807) is 25.3 Å². The van der Waals surface area contributed by atoms with Gasteiger partial charge in [0.05, 0.1) is 24.2 Å². The molecule has 4 aromatic rings. The predicted octanol–water partition coefficient (Wildman–Crippen LogP) is 6.20. The average Bonchev–Trinajstić information content (AvgIpc) is 2.84. The number of carbonyl (C=O) groups excluding carboxylic acids is 1. The van der Waals surface area contributed by atoms with Crippen LogP contribution in [-0.4, -0.2) is 29.0 Å². The largest absolute Gasteiger partial charge is 0.495 e. The number of hydrogen-bond acceptors (Lipinski definition) is 5. The highest BCUT2D eigenvalue weighted by molar-refractivity contribution is 7.99. The summed E-state index contributed by atoms with van der Waals surface area (Å²) in [5, 5.41) is 12.6. The highest BCUT2D eigenvalue weighted by atomic mass is 35.5. The Hall–Kier alpha value is -3.35. The second kappa shape index (κ2) is 10.3. The summed E-state index contributed by atoms with van der Waals surface area (Å²) in [6, 6.07) is 27.3. The SMILES string of the molecule is COc1ccc(Cl)cc1NC(=O)CSc1ccc(-c2ccc(-c3ccccc3)cc2)nn1. The van der Waals surface area contributed by atoms with Crippen LogP contribution in [0.25, 0.3) is 22.4 Å². The van der Waals surface area contributed by atoms with Gasteiger partial charge >= 0.3 is 0 Å². The van der Waals surface area contributed by atoms with Crippen LogP contribution in [0, 0.1) is 0 Å². The van der Waals surface area contributed by atoms with Crippen LogP contribution in [0.1, 0.15) is 0 Å². The molecule has 32 heavy (non-hydrogen) atoms. The number of methoxy groups -OCH3 is 1. The predicted molar refractivity (Wildman–Crippen MR) is 130 cm³/mol. The molecule has 0 fully saturated rings. The number of anilines is 1. The molecule has 1 amide bonds. The summed E-state index contributed by atoms with van der Waals surface area (Å²) in [5.74, 6) is 0.559. The molecule has 1 aromatic heterocycles. The molecule has 0 saturated heterocycles. The molecule has 0 spiro atoms. The Bertz CT molecular complexity index is 1200. The maximum absolute atomic E-state index is 12.3. The third-order valence-electron chi connectivity index (χ3n) is 4.71. The van der Waals surface area contributed by atoms with Gasteiger partial charge in [-0.1, -0.05) is 78.0 Å². The van der Waals surface area contributed by atoms with Crippen LogP contribution in [0.5, 0.6) is 5.75 Å². The minimum absolute atomic E-state index is 0.182. The van der Waals surface area contributed by atoms with E-state index in [1.807, 2.05) is 42.5 Å². The van der Waals surface area contributed by atoms with E-state index >= 15 is 0 Å². The lowest BCUT2D eigenvalue weighted by Crippen LogP contribution is -2.14. The van der Waals surface area contributed by atoms with Gasteiger partial charge in [-0.05, 0) is 41.5 Å². The van der Waals surface area contributed by atoms with E-state index in [2.05, 4.69) is 39.8 Å². The molecule has 0 saturated carbocycles. The quantitative estimate of drug-likeness (QED) is 0.332. The van der Waals surface area contributed by atoms with Crippen molar-refractivity contribution in [2.45, 2.75) is 5.03 Å². The van der Waals surface area contributed by atoms with Gasteiger partial charge in [-0.2, -0.15) is 0 Å². The molecule has 1 heterocycles. The second-order valence-electron chi connectivity index (χ2n) is 6.88. The first-order chi connectivity index (χ1) is 15.6. The van der Waals surface area contributed by atoms with Crippen molar-refractivity contribution in [2.24, 2.45) is 0 Å². The molecule has 3 aromatic carbocycles. The van der Waals surface area contributed by atoms with Crippen molar-refractivity contribution in [3.63, 3.8) is 0 Å². The highest BCUT2D eigenvalue weighted by Crippen LogP contribution is 2.28. The van der Waals surface area contributed by atoms with Crippen molar-refractivity contribution in [3.8, 4) is 28.1 Å². The van der Waals surface area contributed by atoms with Gasteiger partial charge < -0.3 is 10.1 Å². The van der Waals surface area contributed by atoms with Crippen LogP contribution in [0.3, 0.4) is 0 Å². The molecule has 0 unspecified atom stereocenters. The number of rotatable bonds is 7. The molecule has 0 radical (unpaired) electrons. The molecule has 0 aliphatic rings. The van der Waals surface area contributed by atoms with Gasteiger partial charge in [0.2, 0.25) is 5.91 Å². The van der Waals surface area contributed by atoms with E-state index in [1.165, 1.54) is 17.3 Å². The summed E-state index contributed by atoms with van der Waals surface area (Å²) < 4.78 is 5.25. The first kappa shape index (κ1) is 21.9. The number of amides is 1. The molecular weight excluding hydrogens is 442 g/mol. The third-order valence-corrected chi connectivity index (χ3v) is 5.87. The number of carbonyl (C=O) groups is 1. The summed E-state index contributed by atoms with van der Waals surface area (Å²) in [7, 11) is 1.54. The van der Waals surface area contributed by atoms with Gasteiger partial charge in [0, 0.05) is 10.6 Å². The van der Waals surface area contributed by atoms with Crippen molar-refractivity contribution in [2.75, 3.05) is 18.2 Å². The van der Waals surface area contributed by atoms with Crippen molar-refractivity contribution >= 4 is 35.0 Å². The van der Waals surface area contributed by atoms with Crippen LogP contribution < -0.4 is 10.1 Å². The smallest absolute Gasteiger partial charge is 0.234 e. The molecule has 0 aliphatic heterocycles. The Kier molecular flexibility index (Phi) is 7.04. The van der Waals surface area contributed by atoms with Gasteiger partial charge in [0.25, 0.3) is 0 Å². The van der Waals surface area contributed by atoms with E-state index in [-0.39, 0.29) is 11.7 Å². The summed E-state index contributed by atoms with van der Waals surface area (Å²) in [5.41, 5.74) is 4.62. The van der Waals surface area contributed by atoms with Crippen LogP contribution in [0.15, 0.2) is 90.0 Å². The normalized spacial score (nSPS) is 10.6. The van der Waals surface area contributed by atoms with E-state index in [4.69, 9.17) is 16.3 Å². The van der Waals surface area contributed by atoms with Crippen LogP contribution in [0.2, 0.25) is 5.02 Å². The number of benzene rings is 3. The van der Waals surface area contributed by atoms with Gasteiger partial charge in [-0.25, -0.2) is 0 Å². The Morgan fingerprint density at radius 1 is 0.906 bits per heavy atom. The zero-order valence-electron chi connectivity index (χ0n) is 17.3. The van der Waals surface area contributed by atoms with E-state index in [0.717, 1.165) is 16.8 Å². The number of nitrogens with zero attached hydrogens (tertiary/aromatic N) is 2. The molecule has 0 bridgehead atoms. The summed E-state index contributed by atoms with van der Waals surface area (Å²) in [6.07, 6.45) is 0. The fourth-order valence-corrected chi connectivity index (χ4v) is 3.90. The summed E-state index contributed by atoms with van der Waals surface area (Å²) in [6.45, 7) is 0. The Morgan fingerprint density at radius 3 is 2.31 bits per heavy atom. The fraction of sp³-hybridized carbons (Fsp3) is 0.0800. The lowest BCUT2D eigenvalue weighted by molar-refractivity contribution is -0.113. The van der Waals surface area contributed by atoms with E-state index in [0.29, 0.717) is 21.5 Å². The maximum atomic E-state index is 12.3. The van der Waals surface area contributed by atoms with Crippen LogP contribution in [-0.2, 0) is 4.79 Å². The standard InChI is InChI=1S/C25H20ClN3O2S/c1-31-23-13-11-20(26)15-22(23)27-24(30)16-32-25-14-12-21(28-29-25)19-9-7-18(8-10-19)17-5-3-2-4-6-17/h2-15H,16H2,1H3,(H,27,30). The molecule has 0 atom stereocenters. The van der Waals surface area contributed by atoms with Gasteiger partial charge in [0.1, 0.15) is 10.8 Å². The van der Waals surface area contributed by atoms with Crippen LogP contribution >= 0.6 is 23.4 Å². The fourth-order valence-electron chi connectivity index (χ4n) is 3.12. The molecule has 0 aliphatic carbocycles. The van der Waals surface area contributed by atoms with E-state index < -0.39 is 0 Å². The van der Waals surface area contributed by atoms with Crippen molar-refractivity contribution in [1.29, 1.82) is 0 Å². The molecule has 1 N–H and O–H groups in total. The lowest BCUT2D eigenvalue weighted by Gasteiger charge is -2.10. The van der Waals surface area contributed by atoms with Crippen molar-refractivity contribution in [3.05, 3.63) is 90.0 Å². The lowest BCUT2D eigenvalue weighted by atomic mass is 10.0. The number of thioether (sulfide) groups is 1. The zero-order chi connectivity index (χ0) is 22.3. The first-order valence-electron chi connectivity index (χ1n) is 9.88. The number of ether oxygens (including phenoxy) is 1. The van der Waals surface area contributed by atoms with E-state index in [9.17, 15) is 4.79 Å². The second-order valence-corrected chi connectivity index (χ2v) is 8.31. The number of halogens is 1. The minimum Gasteiger partial charge on any atom is -0.495 e. The monoisotopic (exact) mass is 461 g/mol. The summed E-state index contributed by atoms with van der Waals surface area (Å²) in [4.78, 5) is 12.3. The first-order valence-corrected chi connectivity index (χ1v) is 11.2. The molecule has 160 valence electrons. The van der Waals surface area contributed by atoms with Gasteiger partial charge in [-0.15, -0.1) is 10.2 Å². The summed E-state index contributed by atoms with van der Waals surface area (Å²) >= 11 is 7.31. The minimum atomic E-state index is -0.182. The number of nitrogens with one attached hydrogen (secondary N) is 1. The third kappa shape index (κ3) is 5.46.